The van der Waals surface area contributed by atoms with Gasteiger partial charge in [0.1, 0.15) is 12.1 Å². The van der Waals surface area contributed by atoms with E-state index in [0.29, 0.717) is 17.4 Å². The molecule has 0 radical (unpaired) electrons. The number of anilines is 1. The van der Waals surface area contributed by atoms with Gasteiger partial charge in [0.15, 0.2) is 11.0 Å². The Morgan fingerprint density at radius 3 is 2.42 bits per heavy atom. The molecule has 2 fully saturated rings. The third kappa shape index (κ3) is 7.16. The number of aliphatic imine (C=N–C) groups is 1. The number of nitrogens with zero attached hydrogens (tertiary/aromatic N) is 5. The van der Waals surface area contributed by atoms with Gasteiger partial charge in [0.2, 0.25) is 0 Å². The Kier molecular flexibility index (Phi) is 8.59. The van der Waals surface area contributed by atoms with Crippen LogP contribution >= 0.6 is 11.8 Å². The number of nitrogens with one attached hydrogen (secondary N) is 1. The number of hydrogen-bond acceptors (Lipinski definition) is 5. The Morgan fingerprint density at radius 2 is 1.73 bits per heavy atom. The Hall–Kier alpha value is -4.32. The minimum atomic E-state index is -4.74. The van der Waals surface area contributed by atoms with E-state index in [1.807, 2.05) is 12.1 Å². The Balaban J connectivity index is 1.05. The van der Waals surface area contributed by atoms with E-state index in [1.165, 1.54) is 57.5 Å². The second kappa shape index (κ2) is 12.6. The third-order valence-electron chi connectivity index (χ3n) is 8.11. The van der Waals surface area contributed by atoms with Gasteiger partial charge in [-0.1, -0.05) is 53.7 Å². The first kappa shape index (κ1) is 30.7. The summed E-state index contributed by atoms with van der Waals surface area (Å²) < 4.78 is 42.7. The molecule has 12 heteroatoms. The largest absolute Gasteiger partial charge is 0.573 e. The van der Waals surface area contributed by atoms with Crippen molar-refractivity contribution in [1.82, 2.24) is 20.1 Å². The predicted octanol–water partition coefficient (Wildman–Crippen LogP) is 7.71. The Morgan fingerprint density at radius 1 is 1.02 bits per heavy atom. The summed E-state index contributed by atoms with van der Waals surface area (Å²) in [6.45, 7) is 7.13. The Bertz CT molecular complexity index is 1700. The van der Waals surface area contributed by atoms with Gasteiger partial charge < -0.3 is 15.0 Å². The van der Waals surface area contributed by atoms with Crippen molar-refractivity contribution in [2.45, 2.75) is 58.4 Å². The molecule has 4 aromatic rings. The van der Waals surface area contributed by atoms with Crippen LogP contribution in [-0.2, 0) is 0 Å². The minimum absolute atomic E-state index is 0.0551. The molecule has 1 N–H and O–H groups in total. The molecule has 2 unspecified atom stereocenters. The highest BCUT2D eigenvalue weighted by Crippen LogP contribution is 2.36. The van der Waals surface area contributed by atoms with Gasteiger partial charge >= 0.3 is 12.4 Å². The van der Waals surface area contributed by atoms with Crippen LogP contribution in [0.4, 0.5) is 23.7 Å². The standard InChI is InChI=1S/C33H33F3N6O2S/c1-20-16-21(2)29(22(3)17-20)41-14-15-45-32(41)39-31(43)38-26-9-8-25(18-26)23-4-6-24(7-5-23)30-37-19-42(40-30)27-10-12-28(13-11-27)44-33(34,35)36/h4-7,10-13,16-17,19,25-26H,8-9,14-15,18H2,1-3H3,(H,38,43). The van der Waals surface area contributed by atoms with Gasteiger partial charge in [-0.3, -0.25) is 0 Å². The van der Waals surface area contributed by atoms with E-state index in [0.717, 1.165) is 48.0 Å². The summed E-state index contributed by atoms with van der Waals surface area (Å²) in [6.07, 6.45) is -0.542. The summed E-state index contributed by atoms with van der Waals surface area (Å²) in [5, 5.41) is 8.36. The number of halogens is 3. The summed E-state index contributed by atoms with van der Waals surface area (Å²) >= 11 is 1.61. The van der Waals surface area contributed by atoms with Crippen LogP contribution in [0.15, 0.2) is 72.0 Å². The molecule has 2 heterocycles. The average Bonchev–Trinajstić information content (AvgIpc) is 3.75. The van der Waals surface area contributed by atoms with Crippen LogP contribution < -0.4 is 15.0 Å². The molecule has 2 aliphatic rings. The summed E-state index contributed by atoms with van der Waals surface area (Å²) in [5.74, 6) is 1.41. The number of ether oxygens (including phenoxy) is 1. The molecule has 2 atom stereocenters. The highest BCUT2D eigenvalue weighted by atomic mass is 32.2. The second-order valence-corrected chi connectivity index (χ2v) is 12.5. The lowest BCUT2D eigenvalue weighted by Gasteiger charge is -2.23. The number of hydrogen-bond donors (Lipinski definition) is 1. The summed E-state index contributed by atoms with van der Waals surface area (Å²) in [7, 11) is 0. The van der Waals surface area contributed by atoms with Gasteiger partial charge in [-0.05, 0) is 86.9 Å². The van der Waals surface area contributed by atoms with Crippen molar-refractivity contribution in [3.05, 3.63) is 89.2 Å². The van der Waals surface area contributed by atoms with E-state index in [2.05, 4.69) is 75.1 Å². The number of benzene rings is 3. The van der Waals surface area contributed by atoms with Crippen molar-refractivity contribution in [3.63, 3.8) is 0 Å². The number of amidine groups is 1. The summed E-state index contributed by atoms with van der Waals surface area (Å²) in [5.41, 5.74) is 7.30. The first-order valence-corrected chi connectivity index (χ1v) is 15.8. The van der Waals surface area contributed by atoms with Gasteiger partial charge in [0, 0.05) is 29.6 Å². The van der Waals surface area contributed by atoms with Crippen molar-refractivity contribution in [3.8, 4) is 22.8 Å². The molecule has 2 amide bonds. The summed E-state index contributed by atoms with van der Waals surface area (Å²) in [4.78, 5) is 24.0. The molecule has 1 aliphatic heterocycles. The zero-order valence-electron chi connectivity index (χ0n) is 25.1. The Labute approximate surface area is 263 Å². The second-order valence-electron chi connectivity index (χ2n) is 11.5. The highest BCUT2D eigenvalue weighted by Gasteiger charge is 2.31. The lowest BCUT2D eigenvalue weighted by Crippen LogP contribution is -2.33. The number of aromatic nitrogens is 3. The molecule has 8 nitrogen and oxygen atoms in total. The smallest absolute Gasteiger partial charge is 0.406 e. The van der Waals surface area contributed by atoms with Gasteiger partial charge in [0.05, 0.1) is 5.69 Å². The van der Waals surface area contributed by atoms with E-state index >= 15 is 0 Å². The normalized spacial score (nSPS) is 19.3. The molecular weight excluding hydrogens is 601 g/mol. The van der Waals surface area contributed by atoms with Gasteiger partial charge in [-0.25, -0.2) is 14.5 Å². The van der Waals surface area contributed by atoms with Crippen LogP contribution in [0.5, 0.6) is 5.75 Å². The first-order valence-electron chi connectivity index (χ1n) is 14.8. The minimum Gasteiger partial charge on any atom is -0.406 e. The van der Waals surface area contributed by atoms with E-state index in [9.17, 15) is 18.0 Å². The number of carbonyl (C=O) groups is 1. The maximum absolute atomic E-state index is 13.0. The van der Waals surface area contributed by atoms with Crippen LogP contribution in [0.2, 0.25) is 0 Å². The number of aryl methyl sites for hydroxylation is 3. The molecule has 6 rings (SSSR count). The van der Waals surface area contributed by atoms with Crippen LogP contribution in [0.25, 0.3) is 17.1 Å². The number of urea groups is 1. The first-order chi connectivity index (χ1) is 21.5. The van der Waals surface area contributed by atoms with Gasteiger partial charge in [-0.2, -0.15) is 4.99 Å². The molecule has 1 aliphatic carbocycles. The number of alkyl halides is 3. The van der Waals surface area contributed by atoms with Crippen molar-refractivity contribution in [2.75, 3.05) is 17.2 Å². The van der Waals surface area contributed by atoms with Gasteiger partial charge in [0.25, 0.3) is 0 Å². The number of rotatable bonds is 6. The van der Waals surface area contributed by atoms with Crippen LogP contribution in [0.3, 0.4) is 0 Å². The average molecular weight is 635 g/mol. The fourth-order valence-electron chi connectivity index (χ4n) is 6.23. The molecule has 1 aromatic heterocycles. The SMILES string of the molecule is Cc1cc(C)c(N2CCSC2=NC(=O)NC2CCC(c3ccc(-c4ncn(-c5ccc(OC(F)(F)F)cc5)n4)cc3)C2)c(C)c1. The molecule has 0 bridgehead atoms. The van der Waals surface area contributed by atoms with Crippen LogP contribution in [-0.4, -0.2) is 50.7 Å². The topological polar surface area (TPSA) is 84.6 Å². The van der Waals surface area contributed by atoms with Crippen molar-refractivity contribution >= 4 is 28.6 Å². The highest BCUT2D eigenvalue weighted by molar-refractivity contribution is 8.14. The number of carbonyl (C=O) groups excluding carboxylic acids is 1. The number of amides is 2. The van der Waals surface area contributed by atoms with Crippen molar-refractivity contribution < 1.29 is 22.7 Å². The zero-order chi connectivity index (χ0) is 31.7. The molecular formula is C33H33F3N6O2S. The molecule has 3 aromatic carbocycles. The molecule has 234 valence electrons. The quantitative estimate of drug-likeness (QED) is 0.234. The maximum atomic E-state index is 13.0. The monoisotopic (exact) mass is 634 g/mol. The van der Waals surface area contributed by atoms with Crippen LogP contribution in [0.1, 0.15) is 47.4 Å². The zero-order valence-corrected chi connectivity index (χ0v) is 26.0. The lowest BCUT2D eigenvalue weighted by molar-refractivity contribution is -0.274. The molecule has 0 spiro atoms. The molecule has 45 heavy (non-hydrogen) atoms. The van der Waals surface area contributed by atoms with Crippen molar-refractivity contribution in [1.29, 1.82) is 0 Å². The van der Waals surface area contributed by atoms with Crippen molar-refractivity contribution in [2.24, 2.45) is 4.99 Å². The van der Waals surface area contributed by atoms with Gasteiger partial charge in [-0.15, -0.1) is 18.3 Å². The number of thioether (sulfide) groups is 1. The molecule has 1 saturated carbocycles. The van der Waals surface area contributed by atoms with E-state index in [1.54, 1.807) is 11.8 Å². The lowest BCUT2D eigenvalue weighted by atomic mass is 9.96. The van der Waals surface area contributed by atoms with E-state index in [4.69, 9.17) is 0 Å². The third-order valence-corrected chi connectivity index (χ3v) is 9.06. The fourth-order valence-corrected chi connectivity index (χ4v) is 7.18. The fraction of sp³-hybridized carbons (Fsp3) is 0.333. The van der Waals surface area contributed by atoms with Crippen LogP contribution in [0, 0.1) is 20.8 Å². The predicted molar refractivity (Wildman–Crippen MR) is 170 cm³/mol. The van der Waals surface area contributed by atoms with E-state index in [-0.39, 0.29) is 17.8 Å². The van der Waals surface area contributed by atoms with E-state index < -0.39 is 6.36 Å². The maximum Gasteiger partial charge on any atom is 0.573 e. The molecule has 1 saturated heterocycles. The summed E-state index contributed by atoms with van der Waals surface area (Å²) in [6, 6.07) is 17.6.